The molecule has 6 nitrogen and oxygen atoms in total. The molecule has 2 unspecified atom stereocenters. The van der Waals surface area contributed by atoms with Gasteiger partial charge in [-0.3, -0.25) is 4.79 Å². The molecule has 2 rings (SSSR count). The van der Waals surface area contributed by atoms with Gasteiger partial charge >= 0.3 is 0 Å². The summed E-state index contributed by atoms with van der Waals surface area (Å²) in [7, 11) is 1.54. The summed E-state index contributed by atoms with van der Waals surface area (Å²) in [5.74, 6) is 0.934. The van der Waals surface area contributed by atoms with Crippen LogP contribution in [0.3, 0.4) is 0 Å². The molecule has 1 amide bonds. The Balaban J connectivity index is 2.15. The lowest BCUT2D eigenvalue weighted by molar-refractivity contribution is 0.0950. The van der Waals surface area contributed by atoms with Crippen molar-refractivity contribution in [3.05, 3.63) is 11.7 Å². The van der Waals surface area contributed by atoms with E-state index in [2.05, 4.69) is 15.5 Å². The second-order valence-electron chi connectivity index (χ2n) is 4.42. The lowest BCUT2D eigenvalue weighted by Crippen LogP contribution is -2.25. The minimum atomic E-state index is -0.319. The van der Waals surface area contributed by atoms with Gasteiger partial charge in [0.2, 0.25) is 5.89 Å². The topological polar surface area (TPSA) is 94.0 Å². The number of nitrogens with two attached hydrogens (primary N) is 1. The van der Waals surface area contributed by atoms with Gasteiger partial charge in [-0.25, -0.2) is 0 Å². The third-order valence-electron chi connectivity index (χ3n) is 3.40. The summed E-state index contributed by atoms with van der Waals surface area (Å²) in [5, 5.41) is 6.17. The van der Waals surface area contributed by atoms with E-state index in [9.17, 15) is 4.79 Å². The van der Waals surface area contributed by atoms with Crippen molar-refractivity contribution in [1.29, 1.82) is 0 Å². The Morgan fingerprint density at radius 2 is 2.29 bits per heavy atom. The third kappa shape index (κ3) is 2.46. The average Bonchev–Trinajstić information content (AvgIpc) is 2.87. The zero-order valence-corrected chi connectivity index (χ0v) is 9.98. The number of hydrogen-bond acceptors (Lipinski definition) is 5. The van der Waals surface area contributed by atoms with Crippen LogP contribution in [-0.2, 0) is 0 Å². The molecule has 1 aromatic heterocycles. The van der Waals surface area contributed by atoms with Crippen LogP contribution in [0.4, 0.5) is 0 Å². The molecule has 1 saturated carbocycles. The van der Waals surface area contributed by atoms with Crippen molar-refractivity contribution in [2.24, 2.45) is 11.7 Å². The normalized spacial score (nSPS) is 24.6. The summed E-state index contributed by atoms with van der Waals surface area (Å²) in [5.41, 5.74) is 5.75. The summed E-state index contributed by atoms with van der Waals surface area (Å²) in [6, 6.07) is 0. The first-order valence-corrected chi connectivity index (χ1v) is 6.02. The second kappa shape index (κ2) is 5.27. The van der Waals surface area contributed by atoms with Gasteiger partial charge in [0, 0.05) is 13.0 Å². The van der Waals surface area contributed by atoms with Crippen molar-refractivity contribution in [3.8, 4) is 0 Å². The van der Waals surface area contributed by atoms with Gasteiger partial charge in [0.05, 0.1) is 0 Å². The Hall–Kier alpha value is -1.43. The predicted molar refractivity (Wildman–Crippen MR) is 61.4 cm³/mol. The van der Waals surface area contributed by atoms with Gasteiger partial charge in [0.25, 0.3) is 11.7 Å². The summed E-state index contributed by atoms with van der Waals surface area (Å²) in [6.07, 6.45) is 4.46. The number of rotatable bonds is 3. The molecule has 0 saturated heterocycles. The molecule has 17 heavy (non-hydrogen) atoms. The number of nitrogens with zero attached hydrogens (tertiary/aromatic N) is 2. The van der Waals surface area contributed by atoms with E-state index >= 15 is 0 Å². The molecule has 1 heterocycles. The van der Waals surface area contributed by atoms with E-state index < -0.39 is 0 Å². The first kappa shape index (κ1) is 12.0. The van der Waals surface area contributed by atoms with Gasteiger partial charge < -0.3 is 15.6 Å². The molecular weight excluding hydrogens is 220 g/mol. The molecule has 2 atom stereocenters. The fraction of sp³-hybridized carbons (Fsp3) is 0.727. The standard InChI is InChI=1S/C11H18N4O2/c1-13-10(16)9-14-11(17-15-9)8-5-3-2-4-7(8)6-12/h7-8H,2-6,12H2,1H3,(H,13,16). The maximum atomic E-state index is 11.3. The van der Waals surface area contributed by atoms with Gasteiger partial charge in [-0.15, -0.1) is 0 Å². The molecule has 0 bridgehead atoms. The van der Waals surface area contributed by atoms with E-state index in [1.807, 2.05) is 0 Å². The minimum absolute atomic E-state index is 0.101. The summed E-state index contributed by atoms with van der Waals surface area (Å²) in [6.45, 7) is 0.627. The van der Waals surface area contributed by atoms with Crippen LogP contribution < -0.4 is 11.1 Å². The number of carbonyl (C=O) groups is 1. The van der Waals surface area contributed by atoms with Crippen LogP contribution in [0.25, 0.3) is 0 Å². The molecule has 6 heteroatoms. The first-order chi connectivity index (χ1) is 8.26. The van der Waals surface area contributed by atoms with Gasteiger partial charge in [-0.2, -0.15) is 4.98 Å². The van der Waals surface area contributed by atoms with Crippen LogP contribution in [0.2, 0.25) is 0 Å². The Morgan fingerprint density at radius 3 is 3.00 bits per heavy atom. The highest BCUT2D eigenvalue weighted by molar-refractivity contribution is 5.89. The first-order valence-electron chi connectivity index (χ1n) is 6.02. The number of aromatic nitrogens is 2. The maximum Gasteiger partial charge on any atom is 0.292 e. The number of amides is 1. The van der Waals surface area contributed by atoms with Crippen LogP contribution in [0.5, 0.6) is 0 Å². The fourth-order valence-corrected chi connectivity index (χ4v) is 2.40. The summed E-state index contributed by atoms with van der Waals surface area (Å²) >= 11 is 0. The van der Waals surface area contributed by atoms with Crippen molar-refractivity contribution in [3.63, 3.8) is 0 Å². The Bertz CT molecular complexity index is 391. The van der Waals surface area contributed by atoms with Crippen molar-refractivity contribution < 1.29 is 9.32 Å². The Morgan fingerprint density at radius 1 is 1.53 bits per heavy atom. The van der Waals surface area contributed by atoms with E-state index in [0.717, 1.165) is 19.3 Å². The van der Waals surface area contributed by atoms with E-state index in [1.54, 1.807) is 7.05 Å². The van der Waals surface area contributed by atoms with Gasteiger partial charge in [0.1, 0.15) is 0 Å². The van der Waals surface area contributed by atoms with E-state index in [0.29, 0.717) is 18.4 Å². The maximum absolute atomic E-state index is 11.3. The molecule has 3 N–H and O–H groups in total. The lowest BCUT2D eigenvalue weighted by Gasteiger charge is -2.27. The fourth-order valence-electron chi connectivity index (χ4n) is 2.40. The van der Waals surface area contributed by atoms with Crippen molar-refractivity contribution >= 4 is 5.91 Å². The highest BCUT2D eigenvalue weighted by Gasteiger charge is 2.30. The van der Waals surface area contributed by atoms with Gasteiger partial charge in [0.15, 0.2) is 0 Å². The Labute approximate surface area is 99.9 Å². The van der Waals surface area contributed by atoms with Crippen LogP contribution in [0.1, 0.15) is 48.1 Å². The third-order valence-corrected chi connectivity index (χ3v) is 3.40. The lowest BCUT2D eigenvalue weighted by atomic mass is 9.79. The molecule has 1 fully saturated rings. The van der Waals surface area contributed by atoms with Gasteiger partial charge in [-0.05, 0) is 25.3 Å². The molecule has 1 aliphatic carbocycles. The number of carbonyl (C=O) groups excluding carboxylic acids is 1. The minimum Gasteiger partial charge on any atom is -0.352 e. The largest absolute Gasteiger partial charge is 0.352 e. The number of hydrogen-bond donors (Lipinski definition) is 2. The zero-order valence-electron chi connectivity index (χ0n) is 9.98. The summed E-state index contributed by atoms with van der Waals surface area (Å²) < 4.78 is 5.18. The SMILES string of the molecule is CNC(=O)c1noc(C2CCCCC2CN)n1. The smallest absolute Gasteiger partial charge is 0.292 e. The molecule has 1 aromatic rings. The molecule has 0 spiro atoms. The molecular formula is C11H18N4O2. The highest BCUT2D eigenvalue weighted by Crippen LogP contribution is 2.36. The van der Waals surface area contributed by atoms with Crippen LogP contribution in [0, 0.1) is 5.92 Å². The molecule has 0 radical (unpaired) electrons. The van der Waals surface area contributed by atoms with Crippen molar-refractivity contribution in [2.75, 3.05) is 13.6 Å². The van der Waals surface area contributed by atoms with E-state index in [-0.39, 0.29) is 17.6 Å². The molecule has 0 aliphatic heterocycles. The highest BCUT2D eigenvalue weighted by atomic mass is 16.5. The molecule has 0 aromatic carbocycles. The molecule has 94 valence electrons. The van der Waals surface area contributed by atoms with E-state index in [1.165, 1.54) is 6.42 Å². The van der Waals surface area contributed by atoms with Crippen LogP contribution in [-0.4, -0.2) is 29.6 Å². The predicted octanol–water partition coefficient (Wildman–Crippen LogP) is 0.662. The quantitative estimate of drug-likeness (QED) is 0.806. The molecule has 1 aliphatic rings. The number of nitrogens with one attached hydrogen (secondary N) is 1. The second-order valence-corrected chi connectivity index (χ2v) is 4.42. The average molecular weight is 238 g/mol. The zero-order chi connectivity index (χ0) is 12.3. The van der Waals surface area contributed by atoms with Crippen LogP contribution in [0.15, 0.2) is 4.52 Å². The van der Waals surface area contributed by atoms with Gasteiger partial charge in [-0.1, -0.05) is 18.0 Å². The summed E-state index contributed by atoms with van der Waals surface area (Å²) in [4.78, 5) is 15.5. The van der Waals surface area contributed by atoms with Crippen molar-refractivity contribution in [2.45, 2.75) is 31.6 Å². The Kier molecular flexibility index (Phi) is 3.73. The van der Waals surface area contributed by atoms with E-state index in [4.69, 9.17) is 10.3 Å². The monoisotopic (exact) mass is 238 g/mol. The van der Waals surface area contributed by atoms with Crippen LogP contribution >= 0.6 is 0 Å². The van der Waals surface area contributed by atoms with Crippen molar-refractivity contribution in [1.82, 2.24) is 15.5 Å².